The van der Waals surface area contributed by atoms with Crippen LogP contribution in [0.3, 0.4) is 0 Å². The molecule has 37 heavy (non-hydrogen) atoms. The molecule has 1 heterocycles. The number of carbonyl (C=O) groups is 1. The molecule has 1 unspecified atom stereocenters. The van der Waals surface area contributed by atoms with E-state index in [2.05, 4.69) is 5.32 Å². The van der Waals surface area contributed by atoms with Gasteiger partial charge in [-0.05, 0) is 85.2 Å². The molecule has 1 atom stereocenters. The van der Waals surface area contributed by atoms with Crippen molar-refractivity contribution in [3.8, 4) is 0 Å². The van der Waals surface area contributed by atoms with Crippen LogP contribution in [-0.4, -0.2) is 24.7 Å². The van der Waals surface area contributed by atoms with Crippen LogP contribution in [0.4, 0.5) is 13.2 Å². The number of aryl methyl sites for hydroxylation is 2. The molecule has 4 rings (SSSR count). The van der Waals surface area contributed by atoms with Crippen molar-refractivity contribution in [1.82, 2.24) is 9.62 Å². The lowest BCUT2D eigenvalue weighted by Crippen LogP contribution is -2.52. The fourth-order valence-corrected chi connectivity index (χ4v) is 6.97. The van der Waals surface area contributed by atoms with Gasteiger partial charge in [0.25, 0.3) is 0 Å². The Kier molecular flexibility index (Phi) is 7.23. The zero-order chi connectivity index (χ0) is 27.1. The number of nitrogens with one attached hydrogen (secondary N) is 1. The van der Waals surface area contributed by atoms with Crippen LogP contribution in [0.5, 0.6) is 0 Å². The van der Waals surface area contributed by atoms with Gasteiger partial charge in [0.2, 0.25) is 15.9 Å². The molecule has 196 valence electrons. The van der Waals surface area contributed by atoms with Crippen molar-refractivity contribution in [2.24, 2.45) is 0 Å². The quantitative estimate of drug-likeness (QED) is 0.482. The molecular weight excluding hydrogens is 501 g/mol. The van der Waals surface area contributed by atoms with Gasteiger partial charge in [-0.1, -0.05) is 42.5 Å². The lowest BCUT2D eigenvalue weighted by atomic mass is 9.95. The van der Waals surface area contributed by atoms with E-state index in [1.165, 1.54) is 16.4 Å². The summed E-state index contributed by atoms with van der Waals surface area (Å²) in [5.41, 5.74) is 4.07. The van der Waals surface area contributed by atoms with Gasteiger partial charge < -0.3 is 5.32 Å². The van der Waals surface area contributed by atoms with E-state index in [4.69, 9.17) is 0 Å². The maximum Gasteiger partial charge on any atom is 0.416 e. The van der Waals surface area contributed by atoms with Crippen LogP contribution in [0.25, 0.3) is 0 Å². The average molecular weight is 531 g/mol. The van der Waals surface area contributed by atoms with Crippen molar-refractivity contribution in [3.63, 3.8) is 0 Å². The van der Waals surface area contributed by atoms with Crippen LogP contribution in [0, 0.1) is 27.7 Å². The predicted octanol–water partition coefficient (Wildman–Crippen LogP) is 5.37. The molecular formula is C28H29F3N2O3S. The van der Waals surface area contributed by atoms with Gasteiger partial charge in [-0.25, -0.2) is 8.42 Å². The second-order valence-corrected chi connectivity index (χ2v) is 11.4. The highest BCUT2D eigenvalue weighted by atomic mass is 32.2. The van der Waals surface area contributed by atoms with E-state index in [9.17, 15) is 26.4 Å². The topological polar surface area (TPSA) is 66.5 Å². The SMILES string of the molecule is Cc1cc(C)c(C)c(S(=O)(=O)N2Cc3ccccc3CC2C(=O)NCc2cccc(C(F)(F)F)c2)c1C. The summed E-state index contributed by atoms with van der Waals surface area (Å²) in [4.78, 5) is 13.6. The Bertz CT molecular complexity index is 1440. The molecule has 0 aromatic heterocycles. The first-order chi connectivity index (χ1) is 17.3. The largest absolute Gasteiger partial charge is 0.416 e. The number of hydrogen-bond acceptors (Lipinski definition) is 3. The summed E-state index contributed by atoms with van der Waals surface area (Å²) in [6.07, 6.45) is -4.34. The summed E-state index contributed by atoms with van der Waals surface area (Å²) in [5.74, 6) is -0.560. The van der Waals surface area contributed by atoms with Crippen molar-refractivity contribution < 1.29 is 26.4 Å². The van der Waals surface area contributed by atoms with Gasteiger partial charge in [-0.3, -0.25) is 4.79 Å². The predicted molar refractivity (Wildman–Crippen MR) is 135 cm³/mol. The maximum atomic E-state index is 14.1. The highest BCUT2D eigenvalue weighted by molar-refractivity contribution is 7.89. The van der Waals surface area contributed by atoms with Gasteiger partial charge in [-0.2, -0.15) is 17.5 Å². The first kappa shape index (κ1) is 26.9. The van der Waals surface area contributed by atoms with Crippen molar-refractivity contribution in [1.29, 1.82) is 0 Å². The van der Waals surface area contributed by atoms with E-state index in [1.807, 2.05) is 44.2 Å². The van der Waals surface area contributed by atoms with E-state index in [1.54, 1.807) is 13.8 Å². The number of benzene rings is 3. The Morgan fingerprint density at radius 3 is 2.19 bits per heavy atom. The van der Waals surface area contributed by atoms with Gasteiger partial charge in [0, 0.05) is 13.1 Å². The molecule has 0 radical (unpaired) electrons. The molecule has 3 aromatic carbocycles. The smallest absolute Gasteiger partial charge is 0.351 e. The highest BCUT2D eigenvalue weighted by Gasteiger charge is 2.41. The third-order valence-corrected chi connectivity index (χ3v) is 9.22. The van der Waals surface area contributed by atoms with Crippen LogP contribution in [-0.2, 0) is 40.5 Å². The first-order valence-electron chi connectivity index (χ1n) is 11.9. The standard InChI is InChI=1S/C28H29F3N2O3S/c1-17-12-18(2)20(4)26(19(17)3)37(35,36)33-16-23-10-6-5-9-22(23)14-25(33)27(34)32-15-21-8-7-11-24(13-21)28(29,30)31/h5-13,25H,14-16H2,1-4H3,(H,32,34). The third-order valence-electron chi connectivity index (χ3n) is 7.09. The summed E-state index contributed by atoms with van der Waals surface area (Å²) < 4.78 is 68.8. The second-order valence-electron chi connectivity index (χ2n) is 9.54. The number of sulfonamides is 1. The fourth-order valence-electron chi connectivity index (χ4n) is 4.82. The van der Waals surface area contributed by atoms with E-state index >= 15 is 0 Å². The molecule has 0 spiro atoms. The van der Waals surface area contributed by atoms with Crippen molar-refractivity contribution in [2.45, 2.75) is 64.3 Å². The summed E-state index contributed by atoms with van der Waals surface area (Å²) in [7, 11) is -4.09. The Balaban J connectivity index is 1.70. The zero-order valence-corrected chi connectivity index (χ0v) is 21.9. The van der Waals surface area contributed by atoms with Gasteiger partial charge in [0.1, 0.15) is 6.04 Å². The van der Waals surface area contributed by atoms with Crippen LogP contribution in [0.2, 0.25) is 0 Å². The third kappa shape index (κ3) is 5.29. The van der Waals surface area contributed by atoms with Crippen molar-refractivity contribution in [3.05, 3.63) is 99.1 Å². The van der Waals surface area contributed by atoms with E-state index in [0.29, 0.717) is 11.1 Å². The maximum absolute atomic E-state index is 14.1. The van der Waals surface area contributed by atoms with Crippen molar-refractivity contribution >= 4 is 15.9 Å². The number of hydrogen-bond donors (Lipinski definition) is 1. The zero-order valence-electron chi connectivity index (χ0n) is 21.1. The molecule has 1 N–H and O–H groups in total. The van der Waals surface area contributed by atoms with Gasteiger partial charge in [-0.15, -0.1) is 0 Å². The fraction of sp³-hybridized carbons (Fsp3) is 0.321. The highest BCUT2D eigenvalue weighted by Crippen LogP contribution is 2.34. The summed E-state index contributed by atoms with van der Waals surface area (Å²) in [6, 6.07) is 13.0. The molecule has 9 heteroatoms. The number of carbonyl (C=O) groups excluding carboxylic acids is 1. The molecule has 1 amide bonds. The summed E-state index contributed by atoms with van der Waals surface area (Å²) >= 11 is 0. The average Bonchev–Trinajstić information content (AvgIpc) is 2.85. The van der Waals surface area contributed by atoms with Crippen LogP contribution >= 0.6 is 0 Å². The van der Waals surface area contributed by atoms with E-state index < -0.39 is 33.7 Å². The number of alkyl halides is 3. The molecule has 0 saturated heterocycles. The molecule has 1 aliphatic rings. The number of nitrogens with zero attached hydrogens (tertiary/aromatic N) is 1. The van der Waals surface area contributed by atoms with Gasteiger partial charge in [0.05, 0.1) is 10.5 Å². The van der Waals surface area contributed by atoms with Gasteiger partial charge >= 0.3 is 6.18 Å². The molecule has 5 nitrogen and oxygen atoms in total. The molecule has 1 aliphatic heterocycles. The van der Waals surface area contributed by atoms with E-state index in [-0.39, 0.29) is 30.0 Å². The number of amides is 1. The molecule has 0 fully saturated rings. The monoisotopic (exact) mass is 530 g/mol. The number of fused-ring (bicyclic) bond motifs is 1. The lowest BCUT2D eigenvalue weighted by Gasteiger charge is -2.36. The number of halogens is 3. The minimum absolute atomic E-state index is 0.0199. The van der Waals surface area contributed by atoms with Crippen LogP contribution < -0.4 is 5.32 Å². The Labute approximate surface area is 215 Å². The molecule has 0 saturated carbocycles. The summed E-state index contributed by atoms with van der Waals surface area (Å²) in [6.45, 7) is 7.09. The van der Waals surface area contributed by atoms with Gasteiger partial charge in [0.15, 0.2) is 0 Å². The number of rotatable bonds is 5. The molecule has 0 aliphatic carbocycles. The summed E-state index contributed by atoms with van der Waals surface area (Å²) in [5, 5.41) is 2.67. The minimum atomic E-state index is -4.50. The first-order valence-corrected chi connectivity index (χ1v) is 13.3. The van der Waals surface area contributed by atoms with Crippen LogP contribution in [0.15, 0.2) is 59.5 Å². The van der Waals surface area contributed by atoms with E-state index in [0.717, 1.165) is 34.4 Å². The Hall–Kier alpha value is -3.17. The minimum Gasteiger partial charge on any atom is -0.351 e. The van der Waals surface area contributed by atoms with Crippen LogP contribution in [0.1, 0.15) is 44.5 Å². The normalized spacial score (nSPS) is 16.4. The van der Waals surface area contributed by atoms with Crippen molar-refractivity contribution in [2.75, 3.05) is 0 Å². The Morgan fingerprint density at radius 1 is 0.946 bits per heavy atom. The molecule has 0 bridgehead atoms. The Morgan fingerprint density at radius 2 is 1.57 bits per heavy atom. The lowest BCUT2D eigenvalue weighted by molar-refractivity contribution is -0.137. The molecule has 3 aromatic rings. The second kappa shape index (κ2) is 9.95.